The molecule has 2 fully saturated rings. The SMILES string of the molecule is C[C@@H]1C[C@@H]1c1ccc(CCC(=O)NCc2ccc(C(=O)NC3CC3)cc2)o1. The van der Waals surface area contributed by atoms with E-state index in [9.17, 15) is 9.59 Å². The van der Waals surface area contributed by atoms with Crippen LogP contribution in [0.5, 0.6) is 0 Å². The normalized spacial score (nSPS) is 20.9. The first kappa shape index (κ1) is 17.8. The first-order valence-electron chi connectivity index (χ1n) is 9.83. The van der Waals surface area contributed by atoms with Gasteiger partial charge in [0.25, 0.3) is 5.91 Å². The van der Waals surface area contributed by atoms with Crippen molar-refractivity contribution in [2.75, 3.05) is 0 Å². The Hall–Kier alpha value is -2.56. The molecule has 2 aliphatic carbocycles. The van der Waals surface area contributed by atoms with Crippen LogP contribution in [-0.4, -0.2) is 17.9 Å². The quantitative estimate of drug-likeness (QED) is 0.751. The lowest BCUT2D eigenvalue weighted by atomic mass is 10.1. The minimum absolute atomic E-state index is 0.00305. The maximum Gasteiger partial charge on any atom is 0.251 e. The third-order valence-corrected chi connectivity index (χ3v) is 5.37. The molecule has 0 radical (unpaired) electrons. The first-order valence-corrected chi connectivity index (χ1v) is 9.83. The summed E-state index contributed by atoms with van der Waals surface area (Å²) in [5.41, 5.74) is 1.64. The molecule has 2 atom stereocenters. The zero-order chi connectivity index (χ0) is 18.8. The first-order chi connectivity index (χ1) is 13.1. The van der Waals surface area contributed by atoms with E-state index >= 15 is 0 Å². The summed E-state index contributed by atoms with van der Waals surface area (Å²) in [6, 6.07) is 11.8. The largest absolute Gasteiger partial charge is 0.466 e. The van der Waals surface area contributed by atoms with Crippen molar-refractivity contribution in [3.8, 4) is 0 Å². The molecule has 2 N–H and O–H groups in total. The topological polar surface area (TPSA) is 71.3 Å². The summed E-state index contributed by atoms with van der Waals surface area (Å²) in [4.78, 5) is 24.0. The summed E-state index contributed by atoms with van der Waals surface area (Å²) < 4.78 is 5.84. The van der Waals surface area contributed by atoms with Crippen LogP contribution in [0.2, 0.25) is 0 Å². The highest BCUT2D eigenvalue weighted by atomic mass is 16.3. The molecule has 0 spiro atoms. The van der Waals surface area contributed by atoms with Crippen molar-refractivity contribution in [1.82, 2.24) is 10.6 Å². The van der Waals surface area contributed by atoms with Crippen molar-refractivity contribution in [2.24, 2.45) is 5.92 Å². The summed E-state index contributed by atoms with van der Waals surface area (Å²) in [6.07, 6.45) is 4.39. The summed E-state index contributed by atoms with van der Waals surface area (Å²) in [5, 5.41) is 5.90. The molecule has 0 bridgehead atoms. The Morgan fingerprint density at radius 3 is 2.52 bits per heavy atom. The van der Waals surface area contributed by atoms with E-state index in [0.29, 0.717) is 36.9 Å². The highest BCUT2D eigenvalue weighted by Crippen LogP contribution is 2.47. The molecule has 1 aromatic heterocycles. The number of furan rings is 1. The van der Waals surface area contributed by atoms with Gasteiger partial charge in [-0.25, -0.2) is 0 Å². The van der Waals surface area contributed by atoms with Gasteiger partial charge in [-0.1, -0.05) is 19.1 Å². The van der Waals surface area contributed by atoms with Gasteiger partial charge < -0.3 is 15.1 Å². The van der Waals surface area contributed by atoms with Gasteiger partial charge in [0.15, 0.2) is 0 Å². The molecule has 27 heavy (non-hydrogen) atoms. The molecule has 5 nitrogen and oxygen atoms in total. The average molecular weight is 366 g/mol. The lowest BCUT2D eigenvalue weighted by Crippen LogP contribution is -2.25. The van der Waals surface area contributed by atoms with E-state index in [-0.39, 0.29) is 11.8 Å². The van der Waals surface area contributed by atoms with Gasteiger partial charge in [-0.05, 0) is 55.0 Å². The Balaban J connectivity index is 1.19. The van der Waals surface area contributed by atoms with Gasteiger partial charge in [-0.15, -0.1) is 0 Å². The van der Waals surface area contributed by atoms with Crippen LogP contribution in [0.3, 0.4) is 0 Å². The van der Waals surface area contributed by atoms with Crippen LogP contribution in [0.1, 0.15) is 66.0 Å². The van der Waals surface area contributed by atoms with Crippen LogP contribution in [0.15, 0.2) is 40.8 Å². The van der Waals surface area contributed by atoms with Crippen molar-refractivity contribution in [2.45, 2.75) is 57.5 Å². The van der Waals surface area contributed by atoms with Gasteiger partial charge in [0, 0.05) is 36.9 Å². The number of rotatable bonds is 8. The molecule has 2 amide bonds. The highest BCUT2D eigenvalue weighted by molar-refractivity contribution is 5.94. The number of benzene rings is 1. The molecule has 0 saturated heterocycles. The molecule has 2 aliphatic rings. The van der Waals surface area contributed by atoms with Crippen LogP contribution >= 0.6 is 0 Å². The number of amides is 2. The number of hydrogen-bond acceptors (Lipinski definition) is 3. The number of aryl methyl sites for hydroxylation is 1. The molecular weight excluding hydrogens is 340 g/mol. The Labute approximate surface area is 159 Å². The summed E-state index contributed by atoms with van der Waals surface area (Å²) in [5.74, 6) is 3.21. The molecular formula is C22H26N2O3. The van der Waals surface area contributed by atoms with Crippen LogP contribution < -0.4 is 10.6 Å². The smallest absolute Gasteiger partial charge is 0.251 e. The zero-order valence-electron chi connectivity index (χ0n) is 15.7. The Bertz CT molecular complexity index is 820. The van der Waals surface area contributed by atoms with Crippen LogP contribution in [0.4, 0.5) is 0 Å². The van der Waals surface area contributed by atoms with Gasteiger partial charge >= 0.3 is 0 Å². The summed E-state index contributed by atoms with van der Waals surface area (Å²) >= 11 is 0. The lowest BCUT2D eigenvalue weighted by molar-refractivity contribution is -0.121. The van der Waals surface area contributed by atoms with Crippen molar-refractivity contribution in [1.29, 1.82) is 0 Å². The number of hydrogen-bond donors (Lipinski definition) is 2. The molecule has 142 valence electrons. The van der Waals surface area contributed by atoms with Crippen molar-refractivity contribution in [3.05, 3.63) is 59.0 Å². The van der Waals surface area contributed by atoms with Crippen molar-refractivity contribution < 1.29 is 14.0 Å². The Morgan fingerprint density at radius 2 is 1.85 bits per heavy atom. The number of nitrogens with one attached hydrogen (secondary N) is 2. The summed E-state index contributed by atoms with van der Waals surface area (Å²) in [6.45, 7) is 2.69. The van der Waals surface area contributed by atoms with Gasteiger partial charge in [0.2, 0.25) is 5.91 Å². The molecule has 2 saturated carbocycles. The third kappa shape index (κ3) is 4.79. The molecule has 5 heteroatoms. The predicted molar refractivity (Wildman–Crippen MR) is 102 cm³/mol. The molecule has 2 aromatic rings. The molecule has 0 unspecified atom stereocenters. The van der Waals surface area contributed by atoms with Gasteiger partial charge in [0.05, 0.1) is 0 Å². The number of carbonyl (C=O) groups is 2. The van der Waals surface area contributed by atoms with E-state index < -0.39 is 0 Å². The monoisotopic (exact) mass is 366 g/mol. The van der Waals surface area contributed by atoms with E-state index in [1.54, 1.807) is 0 Å². The second kappa shape index (κ2) is 7.59. The maximum absolute atomic E-state index is 12.1. The minimum atomic E-state index is -0.0218. The van der Waals surface area contributed by atoms with E-state index in [4.69, 9.17) is 4.42 Å². The molecule has 4 rings (SSSR count). The van der Waals surface area contributed by atoms with Gasteiger partial charge in [-0.2, -0.15) is 0 Å². The van der Waals surface area contributed by atoms with Crippen LogP contribution in [-0.2, 0) is 17.8 Å². The van der Waals surface area contributed by atoms with Crippen LogP contribution in [0.25, 0.3) is 0 Å². The predicted octanol–water partition coefficient (Wildman–Crippen LogP) is 3.54. The van der Waals surface area contributed by atoms with Crippen LogP contribution in [0, 0.1) is 5.92 Å². The second-order valence-corrected chi connectivity index (χ2v) is 7.84. The van der Waals surface area contributed by atoms with E-state index in [0.717, 1.165) is 35.8 Å². The molecule has 0 aliphatic heterocycles. The summed E-state index contributed by atoms with van der Waals surface area (Å²) in [7, 11) is 0. The second-order valence-electron chi connectivity index (χ2n) is 7.84. The van der Waals surface area contributed by atoms with E-state index in [2.05, 4.69) is 17.6 Å². The minimum Gasteiger partial charge on any atom is -0.466 e. The van der Waals surface area contributed by atoms with Gasteiger partial charge in [-0.3, -0.25) is 9.59 Å². The fourth-order valence-corrected chi connectivity index (χ4v) is 3.24. The maximum atomic E-state index is 12.1. The van der Waals surface area contributed by atoms with E-state index in [1.807, 2.05) is 36.4 Å². The van der Waals surface area contributed by atoms with Crippen molar-refractivity contribution >= 4 is 11.8 Å². The average Bonchev–Trinajstić information content (AvgIpc) is 3.58. The fraction of sp³-hybridized carbons (Fsp3) is 0.455. The van der Waals surface area contributed by atoms with E-state index in [1.165, 1.54) is 6.42 Å². The third-order valence-electron chi connectivity index (χ3n) is 5.37. The Kier molecular flexibility index (Phi) is 5.01. The van der Waals surface area contributed by atoms with Crippen molar-refractivity contribution in [3.63, 3.8) is 0 Å². The Morgan fingerprint density at radius 1 is 1.11 bits per heavy atom. The number of carbonyl (C=O) groups excluding carboxylic acids is 2. The standard InChI is InChI=1S/C22H26N2O3/c1-14-12-19(14)20-10-8-18(27-20)9-11-21(25)23-13-15-2-4-16(5-3-15)22(26)24-17-6-7-17/h2-5,8,10,14,17,19H,6-7,9,11-13H2,1H3,(H,23,25)(H,24,26)/t14-,19+/m1/s1. The molecule has 1 heterocycles. The highest BCUT2D eigenvalue weighted by Gasteiger charge is 2.36. The van der Waals surface area contributed by atoms with Gasteiger partial charge in [0.1, 0.15) is 11.5 Å². The lowest BCUT2D eigenvalue weighted by Gasteiger charge is -2.07. The zero-order valence-corrected chi connectivity index (χ0v) is 15.7. The fourth-order valence-electron chi connectivity index (χ4n) is 3.24. The molecule has 1 aromatic carbocycles.